The number of benzene rings is 3. The maximum atomic E-state index is 11.9. The van der Waals surface area contributed by atoms with Crippen molar-refractivity contribution >= 4 is 36.6 Å². The molecule has 0 aliphatic carbocycles. The van der Waals surface area contributed by atoms with Gasteiger partial charge in [-0.2, -0.15) is 0 Å². The molecule has 0 amide bonds. The van der Waals surface area contributed by atoms with Crippen LogP contribution in [-0.4, -0.2) is 13.1 Å². The van der Waals surface area contributed by atoms with Gasteiger partial charge in [0, 0.05) is 21.2 Å². The van der Waals surface area contributed by atoms with Gasteiger partial charge in [-0.3, -0.25) is 0 Å². The number of thiophene rings is 1. The van der Waals surface area contributed by atoms with Crippen LogP contribution in [0.15, 0.2) is 72.8 Å². The molecule has 0 saturated heterocycles. The predicted molar refractivity (Wildman–Crippen MR) is 96.6 cm³/mol. The van der Waals surface area contributed by atoms with E-state index in [1.54, 1.807) is 0 Å². The van der Waals surface area contributed by atoms with E-state index in [9.17, 15) is 4.79 Å². The first-order valence-corrected chi connectivity index (χ1v) is 8.63. The maximum Gasteiger partial charge on any atom is 0.337 e. The van der Waals surface area contributed by atoms with E-state index in [0.717, 1.165) is 5.39 Å². The topological polar surface area (TPSA) is 26.3 Å². The number of hydrogen-bond acceptors (Lipinski definition) is 2. The highest BCUT2D eigenvalue weighted by molar-refractivity contribution is 7.50. The molecule has 1 atom stereocenters. The molecule has 0 saturated carbocycles. The van der Waals surface area contributed by atoms with Crippen molar-refractivity contribution in [3.05, 3.63) is 78.4 Å². The lowest BCUT2D eigenvalue weighted by atomic mass is 10.1. The predicted octanol–water partition coefficient (Wildman–Crippen LogP) is 5.52. The molecule has 0 N–H and O–H groups in total. The highest BCUT2D eigenvalue weighted by Crippen LogP contribution is 2.48. The second-order valence-electron chi connectivity index (χ2n) is 5.32. The molecule has 112 valence electrons. The van der Waals surface area contributed by atoms with Crippen LogP contribution in [0.1, 0.15) is 10.4 Å². The number of carbonyl (C=O) groups is 1. The monoisotopic (exact) mass is 319 g/mol. The van der Waals surface area contributed by atoms with Gasteiger partial charge >= 0.3 is 5.97 Å². The van der Waals surface area contributed by atoms with Gasteiger partial charge < -0.3 is 4.74 Å². The highest BCUT2D eigenvalue weighted by Gasteiger charge is 2.24. The third-order valence-electron chi connectivity index (χ3n) is 4.00. The second-order valence-corrected chi connectivity index (χ2v) is 7.28. The Morgan fingerprint density at radius 1 is 0.826 bits per heavy atom. The molecule has 3 heteroatoms. The maximum absolute atomic E-state index is 11.9. The molecular formula is C20H15O2S+. The number of methoxy groups -OCH3 is 1. The van der Waals surface area contributed by atoms with Gasteiger partial charge in [0.1, 0.15) is 0 Å². The van der Waals surface area contributed by atoms with Crippen LogP contribution in [0.2, 0.25) is 0 Å². The summed E-state index contributed by atoms with van der Waals surface area (Å²) in [6.07, 6.45) is 0. The normalized spacial score (nSPS) is 11.8. The third-order valence-corrected chi connectivity index (χ3v) is 6.33. The van der Waals surface area contributed by atoms with Crippen LogP contribution in [0.4, 0.5) is 0 Å². The molecule has 0 aliphatic heterocycles. The number of ether oxygens (including phenoxy) is 1. The summed E-state index contributed by atoms with van der Waals surface area (Å²) in [4.78, 5) is 13.2. The molecule has 2 nitrogen and oxygen atoms in total. The first kappa shape index (κ1) is 14.0. The van der Waals surface area contributed by atoms with Crippen LogP contribution < -0.4 is 0 Å². The minimum Gasteiger partial charge on any atom is -0.465 e. The molecule has 0 bridgehead atoms. The molecule has 23 heavy (non-hydrogen) atoms. The Kier molecular flexibility index (Phi) is 3.36. The van der Waals surface area contributed by atoms with Crippen molar-refractivity contribution < 1.29 is 9.53 Å². The molecule has 4 aromatic rings. The summed E-state index contributed by atoms with van der Waals surface area (Å²) in [7, 11) is 1.30. The molecule has 1 unspecified atom stereocenters. The first-order chi connectivity index (χ1) is 11.3. The lowest BCUT2D eigenvalue weighted by Gasteiger charge is -1.98. The smallest absolute Gasteiger partial charge is 0.337 e. The van der Waals surface area contributed by atoms with Gasteiger partial charge in [-0.25, -0.2) is 4.79 Å². The number of rotatable bonds is 2. The van der Waals surface area contributed by atoms with E-state index in [1.165, 1.54) is 26.8 Å². The SMILES string of the molecule is COC(=O)c1ccc2c(c1)c1ccccc1[s+]2-c1ccccc1. The Bertz CT molecular complexity index is 1020. The van der Waals surface area contributed by atoms with Crippen molar-refractivity contribution in [1.29, 1.82) is 0 Å². The van der Waals surface area contributed by atoms with Gasteiger partial charge in [0.15, 0.2) is 14.3 Å². The summed E-state index contributed by atoms with van der Waals surface area (Å²) in [5.41, 5.74) is 0.597. The zero-order valence-corrected chi connectivity index (χ0v) is 13.5. The Labute approximate surface area is 136 Å². The van der Waals surface area contributed by atoms with Crippen LogP contribution in [0.25, 0.3) is 25.1 Å². The summed E-state index contributed by atoms with van der Waals surface area (Å²) >= 11 is 0. The van der Waals surface area contributed by atoms with Crippen LogP contribution in [-0.2, 0) is 4.74 Å². The quantitative estimate of drug-likeness (QED) is 0.359. The van der Waals surface area contributed by atoms with Crippen molar-refractivity contribution in [3.8, 4) is 4.90 Å². The molecule has 0 fully saturated rings. The second kappa shape index (κ2) is 5.52. The molecule has 1 heterocycles. The summed E-state index contributed by atoms with van der Waals surface area (Å²) in [5.74, 6) is -0.295. The Morgan fingerprint density at radius 2 is 1.52 bits per heavy atom. The molecule has 3 aromatic carbocycles. The van der Waals surface area contributed by atoms with Gasteiger partial charge in [0.2, 0.25) is 0 Å². The van der Waals surface area contributed by atoms with E-state index < -0.39 is 0 Å². The zero-order valence-electron chi connectivity index (χ0n) is 12.7. The molecular weight excluding hydrogens is 304 g/mol. The standard InChI is InChI=1S/C20H15O2S/c1-22-20(21)14-11-12-19-17(13-14)16-9-5-6-10-18(16)23(19)15-7-3-2-4-8-15/h2-13H,1H3/q+1. The Balaban J connectivity index is 2.11. The number of carbonyl (C=O) groups excluding carboxylic acids is 1. The minimum absolute atomic E-state index is 0.116. The lowest BCUT2D eigenvalue weighted by Crippen LogP contribution is -2.00. The largest absolute Gasteiger partial charge is 0.465 e. The number of hydrogen-bond donors (Lipinski definition) is 0. The molecule has 0 aliphatic rings. The van der Waals surface area contributed by atoms with E-state index in [1.807, 2.05) is 24.3 Å². The van der Waals surface area contributed by atoms with Crippen LogP contribution in [0.5, 0.6) is 0 Å². The fourth-order valence-corrected chi connectivity index (χ4v) is 5.34. The van der Waals surface area contributed by atoms with E-state index in [2.05, 4.69) is 48.5 Å². The van der Waals surface area contributed by atoms with Crippen molar-refractivity contribution in [2.45, 2.75) is 0 Å². The molecule has 0 radical (unpaired) electrons. The lowest BCUT2D eigenvalue weighted by molar-refractivity contribution is 0.0601. The van der Waals surface area contributed by atoms with E-state index in [0.29, 0.717) is 5.56 Å². The van der Waals surface area contributed by atoms with Crippen molar-refractivity contribution in [3.63, 3.8) is 0 Å². The summed E-state index contributed by atoms with van der Waals surface area (Å²) in [6.45, 7) is 0. The van der Waals surface area contributed by atoms with Crippen molar-refractivity contribution in [1.82, 2.24) is 0 Å². The van der Waals surface area contributed by atoms with Gasteiger partial charge in [0.05, 0.1) is 12.7 Å². The fraction of sp³-hybridized carbons (Fsp3) is 0.0500. The van der Waals surface area contributed by atoms with Gasteiger partial charge in [0.25, 0.3) is 0 Å². The van der Waals surface area contributed by atoms with Crippen molar-refractivity contribution in [2.75, 3.05) is 7.11 Å². The van der Waals surface area contributed by atoms with Crippen LogP contribution in [0.3, 0.4) is 0 Å². The van der Waals surface area contributed by atoms with E-state index in [4.69, 9.17) is 4.74 Å². The molecule has 4 rings (SSSR count). The molecule has 0 spiro atoms. The van der Waals surface area contributed by atoms with Crippen LogP contribution in [0, 0.1) is 0 Å². The van der Waals surface area contributed by atoms with Gasteiger partial charge in [-0.05, 0) is 42.5 Å². The summed E-state index contributed by atoms with van der Waals surface area (Å²) < 4.78 is 7.44. The van der Waals surface area contributed by atoms with Crippen molar-refractivity contribution in [2.24, 2.45) is 0 Å². The van der Waals surface area contributed by atoms with E-state index in [-0.39, 0.29) is 16.4 Å². The fourth-order valence-electron chi connectivity index (χ4n) is 2.96. The van der Waals surface area contributed by atoms with Crippen LogP contribution >= 0.6 is 10.5 Å². The summed E-state index contributed by atoms with van der Waals surface area (Å²) in [6, 6.07) is 24.8. The number of esters is 1. The third kappa shape index (κ3) is 2.21. The summed E-state index contributed by atoms with van der Waals surface area (Å²) in [5, 5.41) is 2.34. The Hall–Kier alpha value is -2.65. The minimum atomic E-state index is -0.295. The number of fused-ring (bicyclic) bond motifs is 3. The van der Waals surface area contributed by atoms with Gasteiger partial charge in [-0.15, -0.1) is 0 Å². The van der Waals surface area contributed by atoms with Gasteiger partial charge in [-0.1, -0.05) is 30.3 Å². The average molecular weight is 319 g/mol. The average Bonchev–Trinajstić information content (AvgIpc) is 2.95. The first-order valence-electron chi connectivity index (χ1n) is 7.40. The zero-order chi connectivity index (χ0) is 15.8. The highest BCUT2D eigenvalue weighted by atomic mass is 32.2. The molecule has 1 aromatic heterocycles. The van der Waals surface area contributed by atoms with E-state index >= 15 is 0 Å². The Morgan fingerprint density at radius 3 is 2.30 bits per heavy atom.